The largest absolute Gasteiger partial charge is 0.373 e. The van der Waals surface area contributed by atoms with Crippen LogP contribution in [0.25, 0.3) is 16.7 Å². The molecule has 1 unspecified atom stereocenters. The minimum Gasteiger partial charge on any atom is -0.373 e. The number of carbonyl (C=O) groups is 1. The number of pyridine rings is 1. The van der Waals surface area contributed by atoms with Gasteiger partial charge >= 0.3 is 0 Å². The number of rotatable bonds is 8. The highest BCUT2D eigenvalue weighted by atomic mass is 19.1. The minimum atomic E-state index is -0.422. The second kappa shape index (κ2) is 11.6. The van der Waals surface area contributed by atoms with Crippen LogP contribution in [-0.4, -0.2) is 35.0 Å². The predicted octanol–water partition coefficient (Wildman–Crippen LogP) is 5.15. The number of halogens is 1. The summed E-state index contributed by atoms with van der Waals surface area (Å²) in [5.74, 6) is 0.809. The predicted molar refractivity (Wildman–Crippen MR) is 163 cm³/mol. The Bertz CT molecular complexity index is 1680. The molecule has 5 N–H and O–H groups in total. The van der Waals surface area contributed by atoms with E-state index in [1.54, 1.807) is 24.7 Å². The molecule has 0 saturated heterocycles. The molecule has 0 radical (unpaired) electrons. The number of amides is 1. The normalized spacial score (nSPS) is 16.4. The molecule has 0 bridgehead atoms. The molecule has 2 aliphatic heterocycles. The Hall–Kier alpha value is -4.80. The molecule has 9 nitrogen and oxygen atoms in total. The number of aryl methyl sites for hydroxylation is 1. The first kappa shape index (κ1) is 27.4. The zero-order chi connectivity index (χ0) is 29.2. The van der Waals surface area contributed by atoms with E-state index in [1.807, 2.05) is 49.0 Å². The summed E-state index contributed by atoms with van der Waals surface area (Å²) in [4.78, 5) is 22.4. The van der Waals surface area contributed by atoms with Crippen LogP contribution in [0.4, 0.5) is 16.0 Å². The van der Waals surface area contributed by atoms with Gasteiger partial charge in [-0.2, -0.15) is 0 Å². The molecular formula is C32H32FN7O2. The third-order valence-electron chi connectivity index (χ3n) is 7.60. The van der Waals surface area contributed by atoms with Gasteiger partial charge in [0.05, 0.1) is 31.2 Å². The van der Waals surface area contributed by atoms with E-state index < -0.39 is 6.17 Å². The van der Waals surface area contributed by atoms with Gasteiger partial charge in [0, 0.05) is 37.1 Å². The van der Waals surface area contributed by atoms with Crippen molar-refractivity contribution in [1.29, 1.82) is 0 Å². The van der Waals surface area contributed by atoms with Gasteiger partial charge in [-0.25, -0.2) is 9.37 Å². The van der Waals surface area contributed by atoms with Crippen LogP contribution in [0.15, 0.2) is 78.1 Å². The number of nitrogens with two attached hydrogens (primary N) is 1. The van der Waals surface area contributed by atoms with Gasteiger partial charge in [0.1, 0.15) is 23.6 Å². The molecule has 2 aromatic heterocycles. The molecule has 2 aliphatic rings. The highest BCUT2D eigenvalue weighted by Crippen LogP contribution is 2.37. The molecule has 2 aromatic carbocycles. The van der Waals surface area contributed by atoms with Crippen molar-refractivity contribution in [3.63, 3.8) is 0 Å². The minimum absolute atomic E-state index is 0.278. The molecule has 4 heterocycles. The number of ether oxygens (including phenoxy) is 1. The van der Waals surface area contributed by atoms with Gasteiger partial charge in [-0.1, -0.05) is 42.5 Å². The summed E-state index contributed by atoms with van der Waals surface area (Å²) >= 11 is 0. The number of fused-ring (bicyclic) bond motifs is 1. The van der Waals surface area contributed by atoms with Crippen molar-refractivity contribution in [3.05, 3.63) is 107 Å². The van der Waals surface area contributed by atoms with Crippen molar-refractivity contribution in [3.8, 4) is 11.1 Å². The van der Waals surface area contributed by atoms with E-state index in [0.717, 1.165) is 44.8 Å². The van der Waals surface area contributed by atoms with Crippen LogP contribution in [0.1, 0.15) is 51.7 Å². The Morgan fingerprint density at radius 1 is 1.19 bits per heavy atom. The van der Waals surface area contributed by atoms with Crippen LogP contribution in [0.5, 0.6) is 0 Å². The van der Waals surface area contributed by atoms with Gasteiger partial charge in [-0.05, 0) is 52.9 Å². The van der Waals surface area contributed by atoms with E-state index in [-0.39, 0.29) is 17.8 Å². The van der Waals surface area contributed by atoms with Gasteiger partial charge < -0.3 is 31.0 Å². The number of anilines is 2. The smallest absolute Gasteiger partial charge is 0.255 e. The highest BCUT2D eigenvalue weighted by molar-refractivity contribution is 5.99. The van der Waals surface area contributed by atoms with Crippen LogP contribution < -0.4 is 21.7 Å². The number of aliphatic imine (C=N–C) groups is 1. The third kappa shape index (κ3) is 5.54. The van der Waals surface area contributed by atoms with Gasteiger partial charge in [0.2, 0.25) is 0 Å². The summed E-state index contributed by atoms with van der Waals surface area (Å²) in [5, 5.41) is 9.55. The Labute approximate surface area is 243 Å². The number of nitrogens with zero attached hydrogens (tertiary/aromatic N) is 3. The molecule has 4 aromatic rings. The number of benzene rings is 2. The average Bonchev–Trinajstić information content (AvgIpc) is 3.66. The maximum absolute atomic E-state index is 13.5. The fourth-order valence-electron chi connectivity index (χ4n) is 5.25. The first-order valence-electron chi connectivity index (χ1n) is 13.8. The summed E-state index contributed by atoms with van der Waals surface area (Å²) in [6.45, 7) is 3.34. The van der Waals surface area contributed by atoms with Crippen LogP contribution in [0, 0.1) is 5.82 Å². The lowest BCUT2D eigenvalue weighted by atomic mass is 10.0. The van der Waals surface area contributed by atoms with E-state index in [2.05, 4.69) is 38.1 Å². The monoisotopic (exact) mass is 565 g/mol. The van der Waals surface area contributed by atoms with E-state index in [9.17, 15) is 9.18 Å². The number of carbonyl (C=O) groups excluding carboxylic acids is 1. The van der Waals surface area contributed by atoms with Crippen molar-refractivity contribution in [2.24, 2.45) is 17.8 Å². The Morgan fingerprint density at radius 3 is 2.71 bits per heavy atom. The number of hydrogen-bond acceptors (Lipinski definition) is 7. The van der Waals surface area contributed by atoms with Crippen LogP contribution in [-0.2, 0) is 18.3 Å². The molecule has 0 aliphatic carbocycles. The molecule has 214 valence electrons. The standard InChI is InChI=1S/C32H32FN7O2/c1-19(21-7-9-25(33)10-8-21)39-32(41)26-13-24(23-11-12-42-17-23)15-36-30(26)35-14-20-3-5-22(6-4-20)27-16-40(2)31-28(27)29(34)37-18-38-31/h3-11,13,15-16,18-19,29H,12,14,17,34H2,1-2H3,(H,35,36)(H,37,38)(H,39,41)/t19-,29?/m0/s1. The molecule has 0 saturated carbocycles. The SMILES string of the molecule is C[C@H](NC(=O)c1cc(C2=CCOC2)cnc1NCc1ccc(-c2cn(C)c3c2C(N)N=CN3)cc1)c1ccc(F)cc1. The number of hydrogen-bond donors (Lipinski definition) is 4. The van der Waals surface area contributed by atoms with E-state index in [0.29, 0.717) is 31.1 Å². The van der Waals surface area contributed by atoms with Crippen molar-refractivity contribution in [1.82, 2.24) is 14.9 Å². The molecular weight excluding hydrogens is 533 g/mol. The van der Waals surface area contributed by atoms with Crippen LogP contribution in [0.3, 0.4) is 0 Å². The zero-order valence-electron chi connectivity index (χ0n) is 23.4. The van der Waals surface area contributed by atoms with Gasteiger partial charge in [-0.3, -0.25) is 9.79 Å². The Morgan fingerprint density at radius 2 is 1.98 bits per heavy atom. The lowest BCUT2D eigenvalue weighted by molar-refractivity contribution is 0.0940. The van der Waals surface area contributed by atoms with Gasteiger partial charge in [0.15, 0.2) is 0 Å². The summed E-state index contributed by atoms with van der Waals surface area (Å²) in [6.07, 6.45) is 7.00. The average molecular weight is 566 g/mol. The fraction of sp³-hybridized carbons (Fsp3) is 0.219. The molecule has 0 spiro atoms. The Kier molecular flexibility index (Phi) is 7.56. The van der Waals surface area contributed by atoms with Crippen molar-refractivity contribution >= 4 is 29.5 Å². The topological polar surface area (TPSA) is 119 Å². The molecule has 10 heteroatoms. The van der Waals surface area contributed by atoms with Crippen LogP contribution >= 0.6 is 0 Å². The second-order valence-corrected chi connectivity index (χ2v) is 10.4. The fourth-order valence-corrected chi connectivity index (χ4v) is 5.25. The third-order valence-corrected chi connectivity index (χ3v) is 7.60. The first-order chi connectivity index (χ1) is 20.4. The van der Waals surface area contributed by atoms with Gasteiger partial charge in [0.25, 0.3) is 5.91 Å². The Balaban J connectivity index is 1.21. The molecule has 6 rings (SSSR count). The molecule has 0 fully saturated rings. The lowest BCUT2D eigenvalue weighted by Gasteiger charge is -2.18. The van der Waals surface area contributed by atoms with Crippen molar-refractivity contribution < 1.29 is 13.9 Å². The van der Waals surface area contributed by atoms with Crippen molar-refractivity contribution in [2.75, 3.05) is 23.8 Å². The summed E-state index contributed by atoms with van der Waals surface area (Å²) in [5.41, 5.74) is 13.4. The number of nitrogens with one attached hydrogen (secondary N) is 3. The number of aromatic nitrogens is 2. The molecule has 2 atom stereocenters. The highest BCUT2D eigenvalue weighted by Gasteiger charge is 2.23. The van der Waals surface area contributed by atoms with Crippen molar-refractivity contribution in [2.45, 2.75) is 25.7 Å². The zero-order valence-corrected chi connectivity index (χ0v) is 23.4. The maximum atomic E-state index is 13.5. The van der Waals surface area contributed by atoms with Gasteiger partial charge in [-0.15, -0.1) is 0 Å². The van der Waals surface area contributed by atoms with Crippen LogP contribution in [0.2, 0.25) is 0 Å². The summed E-state index contributed by atoms with van der Waals surface area (Å²) in [6, 6.07) is 15.8. The second-order valence-electron chi connectivity index (χ2n) is 10.4. The maximum Gasteiger partial charge on any atom is 0.255 e. The van der Waals surface area contributed by atoms with E-state index >= 15 is 0 Å². The van der Waals surface area contributed by atoms with E-state index in [1.165, 1.54) is 12.1 Å². The van der Waals surface area contributed by atoms with E-state index in [4.69, 9.17) is 10.5 Å². The first-order valence-corrected chi connectivity index (χ1v) is 13.8. The lowest BCUT2D eigenvalue weighted by Crippen LogP contribution is -2.28. The summed E-state index contributed by atoms with van der Waals surface area (Å²) < 4.78 is 20.9. The molecule has 1 amide bonds. The molecule has 42 heavy (non-hydrogen) atoms. The quantitative estimate of drug-likeness (QED) is 0.235. The summed E-state index contributed by atoms with van der Waals surface area (Å²) in [7, 11) is 1.97.